The van der Waals surface area contributed by atoms with E-state index in [2.05, 4.69) is 98.1 Å². The molecule has 38 heavy (non-hydrogen) atoms. The first-order chi connectivity index (χ1) is 18.5. The van der Waals surface area contributed by atoms with Crippen LogP contribution in [0.15, 0.2) is 66.9 Å². The number of aromatic nitrogens is 3. The SMILES string of the molecule is CC1CCN(C2CCC(c3ccccc3)CC2)CC1.CPc1cnn2c(C)cc(-c3ccccc3C)nc12. The number of hydrogen-bond acceptors (Lipinski definition) is 3. The van der Waals surface area contributed by atoms with E-state index in [0.29, 0.717) is 8.58 Å². The summed E-state index contributed by atoms with van der Waals surface area (Å²) in [5, 5.41) is 5.63. The van der Waals surface area contributed by atoms with Gasteiger partial charge in [0.05, 0.1) is 11.9 Å². The van der Waals surface area contributed by atoms with Crippen LogP contribution < -0.4 is 5.30 Å². The molecule has 0 bridgehead atoms. The van der Waals surface area contributed by atoms with Gasteiger partial charge in [0.2, 0.25) is 0 Å². The molecule has 1 unspecified atom stereocenters. The molecule has 0 amide bonds. The molecule has 200 valence electrons. The molecular formula is C33H43N4P. The minimum Gasteiger partial charge on any atom is -0.300 e. The normalized spacial score (nSPS) is 21.1. The third-order valence-electron chi connectivity index (χ3n) is 8.64. The number of benzene rings is 2. The molecule has 1 atom stereocenters. The molecular weight excluding hydrogens is 483 g/mol. The first kappa shape index (κ1) is 27.0. The van der Waals surface area contributed by atoms with Gasteiger partial charge in [0.25, 0.3) is 0 Å². The highest BCUT2D eigenvalue weighted by atomic mass is 31.1. The van der Waals surface area contributed by atoms with Crippen molar-refractivity contribution in [3.8, 4) is 11.3 Å². The summed E-state index contributed by atoms with van der Waals surface area (Å²) in [6.07, 6.45) is 10.4. The number of rotatable bonds is 4. The number of nitrogens with zero attached hydrogens (tertiary/aromatic N) is 4. The van der Waals surface area contributed by atoms with Gasteiger partial charge in [-0.2, -0.15) is 5.10 Å². The molecule has 2 fully saturated rings. The van der Waals surface area contributed by atoms with Crippen molar-refractivity contribution in [3.05, 3.63) is 83.7 Å². The van der Waals surface area contributed by atoms with Crippen LogP contribution in [0.4, 0.5) is 0 Å². The molecule has 0 radical (unpaired) electrons. The van der Waals surface area contributed by atoms with Crippen molar-refractivity contribution in [2.45, 2.75) is 71.3 Å². The van der Waals surface area contributed by atoms with Gasteiger partial charge in [-0.05, 0) is 101 Å². The van der Waals surface area contributed by atoms with E-state index in [1.54, 1.807) is 5.56 Å². The third kappa shape index (κ3) is 6.19. The molecule has 4 nitrogen and oxygen atoms in total. The molecule has 1 saturated carbocycles. The van der Waals surface area contributed by atoms with Crippen LogP contribution in [0.5, 0.6) is 0 Å². The molecule has 1 saturated heterocycles. The maximum Gasteiger partial charge on any atom is 0.163 e. The van der Waals surface area contributed by atoms with Gasteiger partial charge in [-0.3, -0.25) is 0 Å². The fraction of sp³-hybridized carbons (Fsp3) is 0.455. The second kappa shape index (κ2) is 12.5. The Labute approximate surface area is 230 Å². The van der Waals surface area contributed by atoms with Gasteiger partial charge in [-0.15, -0.1) is 0 Å². The molecule has 1 aliphatic heterocycles. The summed E-state index contributed by atoms with van der Waals surface area (Å²) in [5.41, 5.74) is 7.14. The second-order valence-corrected chi connectivity index (χ2v) is 12.3. The highest BCUT2D eigenvalue weighted by Gasteiger charge is 2.28. The van der Waals surface area contributed by atoms with Crippen molar-refractivity contribution in [1.82, 2.24) is 19.5 Å². The summed E-state index contributed by atoms with van der Waals surface area (Å²) in [5.74, 6) is 1.78. The Morgan fingerprint density at radius 2 is 1.53 bits per heavy atom. The number of likely N-dealkylation sites (tertiary alicyclic amines) is 1. The molecule has 2 aromatic carbocycles. The van der Waals surface area contributed by atoms with Crippen molar-refractivity contribution in [2.75, 3.05) is 19.8 Å². The smallest absolute Gasteiger partial charge is 0.163 e. The average Bonchev–Trinajstić information content (AvgIpc) is 3.38. The lowest BCUT2D eigenvalue weighted by molar-refractivity contribution is 0.106. The summed E-state index contributed by atoms with van der Waals surface area (Å²) in [7, 11) is 0.710. The molecule has 4 aromatic rings. The Hall–Kier alpha value is -2.55. The summed E-state index contributed by atoms with van der Waals surface area (Å²) in [6.45, 7) is 11.5. The Balaban J connectivity index is 0.000000155. The molecule has 5 heteroatoms. The van der Waals surface area contributed by atoms with Gasteiger partial charge >= 0.3 is 0 Å². The van der Waals surface area contributed by atoms with Crippen LogP contribution in [0.2, 0.25) is 0 Å². The number of piperidine rings is 1. The molecule has 6 rings (SSSR count). The lowest BCUT2D eigenvalue weighted by Crippen LogP contribution is -2.42. The molecule has 2 aliphatic rings. The lowest BCUT2D eigenvalue weighted by atomic mass is 9.80. The molecule has 1 aliphatic carbocycles. The van der Waals surface area contributed by atoms with Crippen LogP contribution in [-0.2, 0) is 0 Å². The molecule has 0 spiro atoms. The standard InChI is InChI=1S/C18H27N.C15H16N3P/c1-15-11-13-19(14-12-15)18-9-7-17(8-10-18)16-5-3-2-4-6-16;1-10-6-4-5-7-12(10)13-8-11(2)18-15(17-13)14(19-3)9-16-18/h2-6,15,17-18H,7-14H2,1H3;4-9,19H,1-3H3. The fourth-order valence-corrected chi connectivity index (χ4v) is 6.75. The zero-order chi connectivity index (χ0) is 26.5. The summed E-state index contributed by atoms with van der Waals surface area (Å²) < 4.78 is 1.92. The van der Waals surface area contributed by atoms with E-state index >= 15 is 0 Å². The van der Waals surface area contributed by atoms with E-state index in [9.17, 15) is 0 Å². The van der Waals surface area contributed by atoms with E-state index in [0.717, 1.165) is 34.9 Å². The number of fused-ring (bicyclic) bond motifs is 1. The van der Waals surface area contributed by atoms with Gasteiger partial charge in [0, 0.05) is 22.6 Å². The quantitative estimate of drug-likeness (QED) is 0.260. The van der Waals surface area contributed by atoms with E-state index in [1.165, 1.54) is 68.0 Å². The Bertz CT molecular complexity index is 1320. The van der Waals surface area contributed by atoms with E-state index < -0.39 is 0 Å². The number of aryl methyl sites for hydroxylation is 2. The second-order valence-electron chi connectivity index (χ2n) is 11.3. The van der Waals surface area contributed by atoms with Gasteiger partial charge in [-0.1, -0.05) is 70.1 Å². The van der Waals surface area contributed by atoms with Crippen LogP contribution >= 0.6 is 8.58 Å². The van der Waals surface area contributed by atoms with Gasteiger partial charge in [-0.25, -0.2) is 9.50 Å². The maximum absolute atomic E-state index is 4.81. The Kier molecular flexibility index (Phi) is 8.92. The minimum atomic E-state index is 0.710. The summed E-state index contributed by atoms with van der Waals surface area (Å²) in [6, 6.07) is 22.5. The van der Waals surface area contributed by atoms with Crippen LogP contribution in [-0.4, -0.2) is 45.3 Å². The van der Waals surface area contributed by atoms with E-state index in [4.69, 9.17) is 4.98 Å². The lowest BCUT2D eigenvalue weighted by Gasteiger charge is -2.40. The zero-order valence-corrected chi connectivity index (χ0v) is 24.5. The molecule has 2 aromatic heterocycles. The van der Waals surface area contributed by atoms with Gasteiger partial charge < -0.3 is 4.90 Å². The molecule has 0 N–H and O–H groups in total. The highest BCUT2D eigenvalue weighted by Crippen LogP contribution is 2.35. The largest absolute Gasteiger partial charge is 0.300 e. The third-order valence-corrected chi connectivity index (χ3v) is 9.53. The van der Waals surface area contributed by atoms with Crippen LogP contribution in [0, 0.1) is 19.8 Å². The maximum atomic E-state index is 4.81. The topological polar surface area (TPSA) is 33.4 Å². The van der Waals surface area contributed by atoms with Crippen molar-refractivity contribution < 1.29 is 0 Å². The monoisotopic (exact) mass is 526 g/mol. The predicted molar refractivity (Wildman–Crippen MR) is 163 cm³/mol. The Morgan fingerprint density at radius 3 is 2.21 bits per heavy atom. The first-order valence-electron chi connectivity index (χ1n) is 14.4. The van der Waals surface area contributed by atoms with E-state index in [1.807, 2.05) is 10.7 Å². The average molecular weight is 527 g/mol. The van der Waals surface area contributed by atoms with Crippen molar-refractivity contribution in [1.29, 1.82) is 0 Å². The predicted octanol–water partition coefficient (Wildman–Crippen LogP) is 7.39. The zero-order valence-electron chi connectivity index (χ0n) is 23.5. The van der Waals surface area contributed by atoms with Crippen molar-refractivity contribution >= 4 is 19.5 Å². The van der Waals surface area contributed by atoms with Crippen LogP contribution in [0.25, 0.3) is 16.9 Å². The van der Waals surface area contributed by atoms with Crippen LogP contribution in [0.3, 0.4) is 0 Å². The number of hydrogen-bond donors (Lipinski definition) is 0. The van der Waals surface area contributed by atoms with Crippen molar-refractivity contribution in [2.24, 2.45) is 5.92 Å². The van der Waals surface area contributed by atoms with Crippen LogP contribution in [0.1, 0.15) is 68.2 Å². The summed E-state index contributed by atoms with van der Waals surface area (Å²) >= 11 is 0. The molecule has 3 heterocycles. The van der Waals surface area contributed by atoms with Gasteiger partial charge in [0.1, 0.15) is 0 Å². The first-order valence-corrected chi connectivity index (χ1v) is 15.9. The van der Waals surface area contributed by atoms with Crippen molar-refractivity contribution in [3.63, 3.8) is 0 Å². The summed E-state index contributed by atoms with van der Waals surface area (Å²) in [4.78, 5) is 7.58. The highest BCUT2D eigenvalue weighted by molar-refractivity contribution is 7.46. The fourth-order valence-electron chi connectivity index (χ4n) is 6.18. The van der Waals surface area contributed by atoms with E-state index in [-0.39, 0.29) is 0 Å². The minimum absolute atomic E-state index is 0.710. The van der Waals surface area contributed by atoms with Gasteiger partial charge in [0.15, 0.2) is 5.65 Å². The Morgan fingerprint density at radius 1 is 0.842 bits per heavy atom.